The summed E-state index contributed by atoms with van der Waals surface area (Å²) in [6, 6.07) is 19.0. The average molecular weight is 291 g/mol. The van der Waals surface area contributed by atoms with E-state index in [0.717, 1.165) is 30.8 Å². The Balaban J connectivity index is 1.67. The lowest BCUT2D eigenvalue weighted by Crippen LogP contribution is -2.27. The number of hydrogen-bond donors (Lipinski definition) is 0. The van der Waals surface area contributed by atoms with Crippen LogP contribution in [0.1, 0.15) is 24.0 Å². The SMILES string of the molecule is COc1ccc(C#CC2CCCN2Cc2ccccc2)cc1. The van der Waals surface area contributed by atoms with Gasteiger partial charge in [-0.3, -0.25) is 4.90 Å². The summed E-state index contributed by atoms with van der Waals surface area (Å²) in [5.41, 5.74) is 2.41. The van der Waals surface area contributed by atoms with E-state index < -0.39 is 0 Å². The number of rotatable bonds is 3. The Kier molecular flexibility index (Phi) is 4.78. The van der Waals surface area contributed by atoms with Gasteiger partial charge in [-0.1, -0.05) is 42.2 Å². The molecule has 1 unspecified atom stereocenters. The molecule has 1 aliphatic rings. The van der Waals surface area contributed by atoms with Crippen molar-refractivity contribution in [3.05, 3.63) is 65.7 Å². The van der Waals surface area contributed by atoms with E-state index in [1.807, 2.05) is 24.3 Å². The van der Waals surface area contributed by atoms with Crippen molar-refractivity contribution in [1.82, 2.24) is 4.90 Å². The van der Waals surface area contributed by atoms with Crippen molar-refractivity contribution < 1.29 is 4.74 Å². The summed E-state index contributed by atoms with van der Waals surface area (Å²) in [5.74, 6) is 7.62. The maximum atomic E-state index is 5.17. The molecule has 0 aromatic heterocycles. The van der Waals surface area contributed by atoms with E-state index >= 15 is 0 Å². The Morgan fingerprint density at radius 2 is 1.86 bits per heavy atom. The topological polar surface area (TPSA) is 12.5 Å². The van der Waals surface area contributed by atoms with Crippen LogP contribution in [0, 0.1) is 11.8 Å². The van der Waals surface area contributed by atoms with E-state index in [-0.39, 0.29) is 0 Å². The van der Waals surface area contributed by atoms with Crippen LogP contribution in [0.2, 0.25) is 0 Å². The molecule has 22 heavy (non-hydrogen) atoms. The predicted octanol–water partition coefficient (Wildman–Crippen LogP) is 3.71. The Morgan fingerprint density at radius 1 is 1.09 bits per heavy atom. The zero-order chi connectivity index (χ0) is 15.2. The van der Waals surface area contributed by atoms with E-state index in [1.165, 1.54) is 12.0 Å². The van der Waals surface area contributed by atoms with Crippen molar-refractivity contribution in [2.45, 2.75) is 25.4 Å². The normalized spacial score (nSPS) is 17.8. The van der Waals surface area contributed by atoms with Gasteiger partial charge in [-0.15, -0.1) is 0 Å². The molecule has 0 amide bonds. The van der Waals surface area contributed by atoms with Crippen LogP contribution in [0.15, 0.2) is 54.6 Å². The first-order chi connectivity index (χ1) is 10.8. The molecular weight excluding hydrogens is 270 g/mol. The van der Waals surface area contributed by atoms with E-state index in [4.69, 9.17) is 4.74 Å². The Labute approximate surface area is 132 Å². The van der Waals surface area contributed by atoms with Crippen molar-refractivity contribution >= 4 is 0 Å². The fourth-order valence-electron chi connectivity index (χ4n) is 2.84. The van der Waals surface area contributed by atoms with Gasteiger partial charge >= 0.3 is 0 Å². The molecule has 2 aromatic carbocycles. The fourth-order valence-corrected chi connectivity index (χ4v) is 2.84. The molecule has 0 spiro atoms. The molecule has 2 nitrogen and oxygen atoms in total. The minimum absolute atomic E-state index is 0.363. The maximum Gasteiger partial charge on any atom is 0.118 e. The second kappa shape index (κ2) is 7.15. The highest BCUT2D eigenvalue weighted by Gasteiger charge is 2.22. The third kappa shape index (κ3) is 3.69. The predicted molar refractivity (Wildman–Crippen MR) is 89.7 cm³/mol. The monoisotopic (exact) mass is 291 g/mol. The molecule has 1 atom stereocenters. The van der Waals surface area contributed by atoms with Gasteiger partial charge in [0.1, 0.15) is 5.75 Å². The van der Waals surface area contributed by atoms with Gasteiger partial charge < -0.3 is 4.74 Å². The minimum atomic E-state index is 0.363. The smallest absolute Gasteiger partial charge is 0.118 e. The highest BCUT2D eigenvalue weighted by molar-refractivity contribution is 5.39. The van der Waals surface area contributed by atoms with Crippen LogP contribution in [-0.4, -0.2) is 24.6 Å². The van der Waals surface area contributed by atoms with Gasteiger partial charge in [0.2, 0.25) is 0 Å². The first-order valence-electron chi connectivity index (χ1n) is 7.79. The Bertz CT molecular complexity index is 652. The summed E-state index contributed by atoms with van der Waals surface area (Å²) in [6.07, 6.45) is 2.39. The number of methoxy groups -OCH3 is 1. The van der Waals surface area contributed by atoms with Crippen molar-refractivity contribution in [2.24, 2.45) is 0 Å². The van der Waals surface area contributed by atoms with Gasteiger partial charge in [-0.2, -0.15) is 0 Å². The molecule has 0 bridgehead atoms. The molecular formula is C20H21NO. The molecule has 3 rings (SSSR count). The molecule has 112 valence electrons. The Hall–Kier alpha value is -2.24. The van der Waals surface area contributed by atoms with Crippen molar-refractivity contribution in [3.8, 4) is 17.6 Å². The maximum absolute atomic E-state index is 5.17. The van der Waals surface area contributed by atoms with Crippen LogP contribution in [0.25, 0.3) is 0 Å². The largest absolute Gasteiger partial charge is 0.497 e. The van der Waals surface area contributed by atoms with E-state index in [2.05, 4.69) is 47.1 Å². The van der Waals surface area contributed by atoms with Crippen molar-refractivity contribution in [2.75, 3.05) is 13.7 Å². The highest BCUT2D eigenvalue weighted by Crippen LogP contribution is 2.19. The first kappa shape index (κ1) is 14.7. The summed E-state index contributed by atoms with van der Waals surface area (Å²) in [7, 11) is 1.68. The number of benzene rings is 2. The molecule has 0 saturated carbocycles. The van der Waals surface area contributed by atoms with Crippen molar-refractivity contribution in [3.63, 3.8) is 0 Å². The summed E-state index contributed by atoms with van der Waals surface area (Å²) >= 11 is 0. The lowest BCUT2D eigenvalue weighted by molar-refractivity contribution is 0.288. The van der Waals surface area contributed by atoms with Gasteiger partial charge in [-0.05, 0) is 49.2 Å². The quantitative estimate of drug-likeness (QED) is 0.799. The second-order valence-corrected chi connectivity index (χ2v) is 5.61. The summed E-state index contributed by atoms with van der Waals surface area (Å²) in [5, 5.41) is 0. The number of ether oxygens (including phenoxy) is 1. The van der Waals surface area contributed by atoms with Gasteiger partial charge in [0.25, 0.3) is 0 Å². The van der Waals surface area contributed by atoms with E-state index in [0.29, 0.717) is 6.04 Å². The van der Waals surface area contributed by atoms with Crippen molar-refractivity contribution in [1.29, 1.82) is 0 Å². The molecule has 1 heterocycles. The minimum Gasteiger partial charge on any atom is -0.497 e. The Morgan fingerprint density at radius 3 is 2.59 bits per heavy atom. The molecule has 0 aliphatic carbocycles. The van der Waals surface area contributed by atoms with E-state index in [9.17, 15) is 0 Å². The number of hydrogen-bond acceptors (Lipinski definition) is 2. The molecule has 2 heteroatoms. The zero-order valence-corrected chi connectivity index (χ0v) is 13.0. The van der Waals surface area contributed by atoms with Crippen LogP contribution < -0.4 is 4.74 Å². The van der Waals surface area contributed by atoms with Gasteiger partial charge in [-0.25, -0.2) is 0 Å². The van der Waals surface area contributed by atoms with Crippen LogP contribution in [0.5, 0.6) is 5.75 Å². The van der Waals surface area contributed by atoms with Gasteiger partial charge in [0.15, 0.2) is 0 Å². The average Bonchev–Trinajstić information content (AvgIpc) is 3.01. The van der Waals surface area contributed by atoms with Gasteiger partial charge in [0, 0.05) is 12.1 Å². The van der Waals surface area contributed by atoms with Crippen LogP contribution in [0.4, 0.5) is 0 Å². The van der Waals surface area contributed by atoms with Crippen LogP contribution in [0.3, 0.4) is 0 Å². The number of nitrogens with zero attached hydrogens (tertiary/aromatic N) is 1. The van der Waals surface area contributed by atoms with Crippen LogP contribution in [-0.2, 0) is 6.54 Å². The van der Waals surface area contributed by atoms with E-state index in [1.54, 1.807) is 7.11 Å². The molecule has 1 saturated heterocycles. The lowest BCUT2D eigenvalue weighted by Gasteiger charge is -2.20. The lowest BCUT2D eigenvalue weighted by atomic mass is 10.1. The summed E-state index contributed by atoms with van der Waals surface area (Å²) in [6.45, 7) is 2.12. The third-order valence-electron chi connectivity index (χ3n) is 4.07. The standard InChI is InChI=1S/C20H21NO/c1-22-20-13-10-17(11-14-20)9-12-19-8-5-15-21(19)16-18-6-3-2-4-7-18/h2-4,6-7,10-11,13-14,19H,5,8,15-16H2,1H3. The second-order valence-electron chi connectivity index (χ2n) is 5.61. The fraction of sp³-hybridized carbons (Fsp3) is 0.300. The molecule has 1 aliphatic heterocycles. The highest BCUT2D eigenvalue weighted by atomic mass is 16.5. The van der Waals surface area contributed by atoms with Gasteiger partial charge in [0.05, 0.1) is 13.2 Å². The van der Waals surface area contributed by atoms with Crippen LogP contribution >= 0.6 is 0 Å². The molecule has 0 radical (unpaired) electrons. The zero-order valence-electron chi connectivity index (χ0n) is 13.0. The molecule has 2 aromatic rings. The summed E-state index contributed by atoms with van der Waals surface area (Å²) in [4.78, 5) is 2.48. The first-order valence-corrected chi connectivity index (χ1v) is 7.79. The summed E-state index contributed by atoms with van der Waals surface area (Å²) < 4.78 is 5.17. The number of likely N-dealkylation sites (tertiary alicyclic amines) is 1. The molecule has 0 N–H and O–H groups in total. The molecule has 1 fully saturated rings. The third-order valence-corrected chi connectivity index (χ3v) is 4.07.